The van der Waals surface area contributed by atoms with E-state index in [1.54, 1.807) is 30.3 Å². The zero-order valence-electron chi connectivity index (χ0n) is 10.3. The van der Waals surface area contributed by atoms with Crippen molar-refractivity contribution in [2.24, 2.45) is 5.73 Å². The number of aromatic hydroxyl groups is 1. The van der Waals surface area contributed by atoms with Crippen LogP contribution in [0.4, 0.5) is 0 Å². The zero-order chi connectivity index (χ0) is 13.7. The summed E-state index contributed by atoms with van der Waals surface area (Å²) in [6, 6.07) is 10.5. The third-order valence-electron chi connectivity index (χ3n) is 2.66. The van der Waals surface area contributed by atoms with E-state index < -0.39 is 5.91 Å². The Bertz CT molecular complexity index is 567. The maximum atomic E-state index is 11.0. The molecule has 0 radical (unpaired) electrons. The van der Waals surface area contributed by atoms with Crippen molar-refractivity contribution in [2.45, 2.75) is 13.1 Å². The van der Waals surface area contributed by atoms with Crippen LogP contribution in [0.15, 0.2) is 42.6 Å². The van der Waals surface area contributed by atoms with E-state index in [2.05, 4.69) is 10.3 Å². The maximum absolute atomic E-state index is 11.0. The number of nitrogens with zero attached hydrogens (tertiary/aromatic N) is 1. The third kappa shape index (κ3) is 3.79. The number of benzene rings is 1. The van der Waals surface area contributed by atoms with Crippen LogP contribution in [-0.2, 0) is 13.1 Å². The van der Waals surface area contributed by atoms with Gasteiger partial charge in [-0.2, -0.15) is 0 Å². The van der Waals surface area contributed by atoms with Crippen molar-refractivity contribution in [1.29, 1.82) is 0 Å². The molecule has 0 bridgehead atoms. The van der Waals surface area contributed by atoms with E-state index in [1.165, 1.54) is 6.20 Å². The van der Waals surface area contributed by atoms with Gasteiger partial charge >= 0.3 is 0 Å². The number of hydrogen-bond acceptors (Lipinski definition) is 4. The van der Waals surface area contributed by atoms with Crippen molar-refractivity contribution in [3.63, 3.8) is 0 Å². The number of nitrogens with two attached hydrogens (primary N) is 1. The molecule has 1 aromatic heterocycles. The second kappa shape index (κ2) is 5.97. The van der Waals surface area contributed by atoms with E-state index >= 15 is 0 Å². The Hall–Kier alpha value is -2.40. The molecule has 0 saturated heterocycles. The molecule has 0 fully saturated rings. The molecule has 4 N–H and O–H groups in total. The molecule has 5 heteroatoms. The molecule has 0 saturated carbocycles. The maximum Gasteiger partial charge on any atom is 0.248 e. The van der Waals surface area contributed by atoms with Crippen molar-refractivity contribution < 1.29 is 9.90 Å². The lowest BCUT2D eigenvalue weighted by atomic mass is 10.1. The highest BCUT2D eigenvalue weighted by Crippen LogP contribution is 2.07. The molecule has 1 amide bonds. The first kappa shape index (κ1) is 13.0. The summed E-state index contributed by atoms with van der Waals surface area (Å²) in [6.07, 6.45) is 1.41. The van der Waals surface area contributed by atoms with E-state index in [0.717, 1.165) is 11.3 Å². The van der Waals surface area contributed by atoms with E-state index in [0.29, 0.717) is 18.7 Å². The lowest BCUT2D eigenvalue weighted by Crippen LogP contribution is -2.15. The predicted octanol–water partition coefficient (Wildman–Crippen LogP) is 1.18. The minimum absolute atomic E-state index is 0.151. The first-order valence-electron chi connectivity index (χ1n) is 5.88. The standard InChI is InChI=1S/C14H15N3O2/c15-14(19)11-3-1-2-10(6-11)7-16-8-12-4-5-13(18)9-17-12/h1-6,9,16,18H,7-8H2,(H2,15,19). The van der Waals surface area contributed by atoms with Crippen LogP contribution >= 0.6 is 0 Å². The summed E-state index contributed by atoms with van der Waals surface area (Å²) in [7, 11) is 0. The molecule has 5 nitrogen and oxygen atoms in total. The average molecular weight is 257 g/mol. The van der Waals surface area contributed by atoms with Crippen LogP contribution in [0.5, 0.6) is 5.75 Å². The van der Waals surface area contributed by atoms with Crippen molar-refractivity contribution in [2.75, 3.05) is 0 Å². The van der Waals surface area contributed by atoms with Gasteiger partial charge in [-0.1, -0.05) is 12.1 Å². The van der Waals surface area contributed by atoms with Gasteiger partial charge in [0.25, 0.3) is 0 Å². The number of primary amides is 1. The number of hydrogen-bond donors (Lipinski definition) is 3. The largest absolute Gasteiger partial charge is 0.506 e. The molecule has 2 aromatic rings. The second-order valence-corrected chi connectivity index (χ2v) is 4.18. The second-order valence-electron chi connectivity index (χ2n) is 4.18. The van der Waals surface area contributed by atoms with Crippen molar-refractivity contribution in [3.05, 3.63) is 59.4 Å². The third-order valence-corrected chi connectivity index (χ3v) is 2.66. The fraction of sp³-hybridized carbons (Fsp3) is 0.143. The molecule has 19 heavy (non-hydrogen) atoms. The molecule has 0 aliphatic carbocycles. The quantitative estimate of drug-likeness (QED) is 0.750. The van der Waals surface area contributed by atoms with Crippen LogP contribution in [0.3, 0.4) is 0 Å². The molecule has 1 aromatic carbocycles. The summed E-state index contributed by atoms with van der Waals surface area (Å²) in [5, 5.41) is 12.3. The molecule has 0 unspecified atom stereocenters. The lowest BCUT2D eigenvalue weighted by molar-refractivity contribution is 0.1000. The predicted molar refractivity (Wildman–Crippen MR) is 71.4 cm³/mol. The Morgan fingerprint density at radius 1 is 1.26 bits per heavy atom. The van der Waals surface area contributed by atoms with Crippen molar-refractivity contribution in [1.82, 2.24) is 10.3 Å². The molecule has 0 spiro atoms. The molecule has 1 heterocycles. The first-order chi connectivity index (χ1) is 9.15. The van der Waals surface area contributed by atoms with Gasteiger partial charge in [0.2, 0.25) is 5.91 Å². The van der Waals surface area contributed by atoms with Crippen molar-refractivity contribution >= 4 is 5.91 Å². The van der Waals surface area contributed by atoms with Gasteiger partial charge in [0.05, 0.1) is 11.9 Å². The highest BCUT2D eigenvalue weighted by Gasteiger charge is 2.01. The summed E-state index contributed by atoms with van der Waals surface area (Å²) in [6.45, 7) is 1.20. The molecular weight excluding hydrogens is 242 g/mol. The van der Waals surface area contributed by atoms with Gasteiger partial charge in [-0.3, -0.25) is 9.78 Å². The summed E-state index contributed by atoms with van der Waals surface area (Å²) >= 11 is 0. The Morgan fingerprint density at radius 2 is 2.11 bits per heavy atom. The topological polar surface area (TPSA) is 88.2 Å². The van der Waals surface area contributed by atoms with Gasteiger partial charge in [0, 0.05) is 18.7 Å². The Labute approximate surface area is 111 Å². The van der Waals surface area contributed by atoms with Crippen LogP contribution in [0.1, 0.15) is 21.6 Å². The van der Waals surface area contributed by atoms with Gasteiger partial charge in [0.1, 0.15) is 5.75 Å². The minimum atomic E-state index is -0.429. The molecule has 98 valence electrons. The van der Waals surface area contributed by atoms with Crippen LogP contribution in [0.25, 0.3) is 0 Å². The fourth-order valence-corrected chi connectivity index (χ4v) is 1.69. The number of nitrogens with one attached hydrogen (secondary N) is 1. The van der Waals surface area contributed by atoms with Gasteiger partial charge in [-0.25, -0.2) is 0 Å². The van der Waals surface area contributed by atoms with Crippen LogP contribution in [0.2, 0.25) is 0 Å². The zero-order valence-corrected chi connectivity index (χ0v) is 10.3. The Morgan fingerprint density at radius 3 is 2.79 bits per heavy atom. The summed E-state index contributed by atoms with van der Waals surface area (Å²) in [5.74, 6) is -0.278. The van der Waals surface area contributed by atoms with Gasteiger partial charge in [-0.05, 0) is 29.8 Å². The van der Waals surface area contributed by atoms with Gasteiger partial charge < -0.3 is 16.2 Å². The summed E-state index contributed by atoms with van der Waals surface area (Å²) in [5.41, 5.74) is 7.54. The SMILES string of the molecule is NC(=O)c1cccc(CNCc2ccc(O)cn2)c1. The summed E-state index contributed by atoms with van der Waals surface area (Å²) < 4.78 is 0. The Balaban J connectivity index is 1.90. The highest BCUT2D eigenvalue weighted by atomic mass is 16.3. The first-order valence-corrected chi connectivity index (χ1v) is 5.88. The lowest BCUT2D eigenvalue weighted by Gasteiger charge is -2.05. The van der Waals surface area contributed by atoms with Gasteiger partial charge in [0.15, 0.2) is 0 Å². The highest BCUT2D eigenvalue weighted by molar-refractivity contribution is 5.92. The van der Waals surface area contributed by atoms with E-state index in [1.807, 2.05) is 6.07 Å². The number of amides is 1. The number of rotatable bonds is 5. The van der Waals surface area contributed by atoms with Crippen LogP contribution in [-0.4, -0.2) is 16.0 Å². The van der Waals surface area contributed by atoms with Gasteiger partial charge in [-0.15, -0.1) is 0 Å². The molecule has 2 rings (SSSR count). The minimum Gasteiger partial charge on any atom is -0.506 e. The van der Waals surface area contributed by atoms with Crippen molar-refractivity contribution in [3.8, 4) is 5.75 Å². The van der Waals surface area contributed by atoms with Crippen LogP contribution < -0.4 is 11.1 Å². The van der Waals surface area contributed by atoms with Crippen LogP contribution in [0, 0.1) is 0 Å². The number of carbonyl (C=O) groups excluding carboxylic acids is 1. The van der Waals surface area contributed by atoms with E-state index in [9.17, 15) is 4.79 Å². The number of pyridine rings is 1. The molecule has 0 aliphatic heterocycles. The smallest absolute Gasteiger partial charge is 0.248 e. The Kier molecular flexibility index (Phi) is 4.10. The average Bonchev–Trinajstić information content (AvgIpc) is 2.41. The summed E-state index contributed by atoms with van der Waals surface area (Å²) in [4.78, 5) is 15.1. The fourth-order valence-electron chi connectivity index (χ4n) is 1.69. The monoisotopic (exact) mass is 257 g/mol. The van der Waals surface area contributed by atoms with E-state index in [4.69, 9.17) is 10.8 Å². The molecule has 0 aliphatic rings. The normalized spacial score (nSPS) is 10.3. The molecular formula is C14H15N3O2. The number of carbonyl (C=O) groups is 1. The van der Waals surface area contributed by atoms with E-state index in [-0.39, 0.29) is 5.75 Å². The number of aromatic nitrogens is 1. The molecule has 0 atom stereocenters.